The molecule has 6 nitrogen and oxygen atoms in total. The number of carbonyl (C=O) groups is 1. The molecule has 0 spiro atoms. The number of ether oxygens (including phenoxy) is 1. The molecule has 2 aromatic carbocycles. The lowest BCUT2D eigenvalue weighted by Gasteiger charge is -2.24. The van der Waals surface area contributed by atoms with Gasteiger partial charge in [0.15, 0.2) is 0 Å². The molecule has 2 aromatic rings. The van der Waals surface area contributed by atoms with E-state index >= 15 is 0 Å². The highest BCUT2D eigenvalue weighted by Gasteiger charge is 2.22. The Balaban J connectivity index is 1.94. The highest BCUT2D eigenvalue weighted by Crippen LogP contribution is 2.28. The van der Waals surface area contributed by atoms with Gasteiger partial charge in [0.1, 0.15) is 12.3 Å². The van der Waals surface area contributed by atoms with Crippen LogP contribution in [0.25, 0.3) is 0 Å². The van der Waals surface area contributed by atoms with Gasteiger partial charge in [0.05, 0.1) is 18.6 Å². The molecule has 0 atom stereocenters. The molecular formula is C22H29ClN2O4S. The highest BCUT2D eigenvalue weighted by atomic mass is 35.5. The first-order valence-electron chi connectivity index (χ1n) is 9.94. The van der Waals surface area contributed by atoms with Gasteiger partial charge >= 0.3 is 0 Å². The lowest BCUT2D eigenvalue weighted by atomic mass is 10.1. The average Bonchev–Trinajstić information content (AvgIpc) is 2.70. The van der Waals surface area contributed by atoms with Gasteiger partial charge in [-0.2, -0.15) is 0 Å². The number of anilines is 1. The first kappa shape index (κ1) is 24.0. The predicted octanol–water partition coefficient (Wildman–Crippen LogP) is 3.95. The summed E-state index contributed by atoms with van der Waals surface area (Å²) in [6.45, 7) is 4.59. The minimum atomic E-state index is -3.64. The second kappa shape index (κ2) is 11.2. The molecule has 164 valence electrons. The fourth-order valence-corrected chi connectivity index (χ4v) is 4.08. The maximum atomic E-state index is 12.4. The van der Waals surface area contributed by atoms with Crippen LogP contribution in [0.5, 0.6) is 5.75 Å². The van der Waals surface area contributed by atoms with Crippen molar-refractivity contribution < 1.29 is 17.9 Å². The van der Waals surface area contributed by atoms with Gasteiger partial charge in [0, 0.05) is 11.6 Å². The van der Waals surface area contributed by atoms with Gasteiger partial charge < -0.3 is 10.1 Å². The van der Waals surface area contributed by atoms with E-state index in [0.29, 0.717) is 35.8 Å². The number of nitrogens with zero attached hydrogens (tertiary/aromatic N) is 1. The molecule has 0 aliphatic rings. The number of amides is 1. The summed E-state index contributed by atoms with van der Waals surface area (Å²) in [6, 6.07) is 12.9. The van der Waals surface area contributed by atoms with Crippen LogP contribution in [0.4, 0.5) is 5.69 Å². The van der Waals surface area contributed by atoms with Crippen LogP contribution in [0, 0.1) is 6.92 Å². The molecule has 8 heteroatoms. The largest absolute Gasteiger partial charge is 0.493 e. The van der Waals surface area contributed by atoms with E-state index in [0.717, 1.165) is 34.7 Å². The van der Waals surface area contributed by atoms with Gasteiger partial charge in [-0.1, -0.05) is 42.8 Å². The van der Waals surface area contributed by atoms with E-state index < -0.39 is 10.0 Å². The number of nitrogens with one attached hydrogen (secondary N) is 1. The third-order valence-electron chi connectivity index (χ3n) is 4.57. The second-order valence-corrected chi connectivity index (χ2v) is 9.38. The maximum absolute atomic E-state index is 12.4. The van der Waals surface area contributed by atoms with Gasteiger partial charge in [0.2, 0.25) is 15.9 Å². The van der Waals surface area contributed by atoms with Crippen LogP contribution in [0.2, 0.25) is 5.02 Å². The number of hydrogen-bond acceptors (Lipinski definition) is 4. The molecule has 1 N–H and O–H groups in total. The zero-order chi connectivity index (χ0) is 22.1. The van der Waals surface area contributed by atoms with Gasteiger partial charge in [-0.05, 0) is 55.5 Å². The standard InChI is InChI=1S/C22H29ClN2O4S/c1-4-15-29-21-13-6-5-9-18(21)10-8-14-24-22(26)16-25(30(3,27)28)20-12-7-11-19(23)17(20)2/h5-7,9,11-13H,4,8,10,14-16H2,1-3H3,(H,24,26). The summed E-state index contributed by atoms with van der Waals surface area (Å²) in [7, 11) is -3.64. The smallest absolute Gasteiger partial charge is 0.240 e. The zero-order valence-electron chi connectivity index (χ0n) is 17.7. The van der Waals surface area contributed by atoms with E-state index in [4.69, 9.17) is 16.3 Å². The van der Waals surface area contributed by atoms with E-state index in [1.54, 1.807) is 25.1 Å². The molecule has 0 saturated carbocycles. The number of halogens is 1. The minimum Gasteiger partial charge on any atom is -0.493 e. The molecule has 0 bridgehead atoms. The normalized spacial score (nSPS) is 11.2. The maximum Gasteiger partial charge on any atom is 0.240 e. The van der Waals surface area contributed by atoms with Crippen molar-refractivity contribution in [3.05, 3.63) is 58.6 Å². The molecule has 0 radical (unpaired) electrons. The summed E-state index contributed by atoms with van der Waals surface area (Å²) in [5, 5.41) is 3.25. The summed E-state index contributed by atoms with van der Waals surface area (Å²) in [5.41, 5.74) is 2.11. The molecule has 30 heavy (non-hydrogen) atoms. The summed E-state index contributed by atoms with van der Waals surface area (Å²) < 4.78 is 31.4. The topological polar surface area (TPSA) is 75.7 Å². The summed E-state index contributed by atoms with van der Waals surface area (Å²) in [5.74, 6) is 0.501. The fraction of sp³-hybridized carbons (Fsp3) is 0.409. The molecule has 0 aliphatic carbocycles. The van der Waals surface area contributed by atoms with Crippen LogP contribution in [-0.2, 0) is 21.2 Å². The lowest BCUT2D eigenvalue weighted by Crippen LogP contribution is -2.41. The van der Waals surface area contributed by atoms with E-state index in [-0.39, 0.29) is 12.5 Å². The van der Waals surface area contributed by atoms with Crippen LogP contribution < -0.4 is 14.4 Å². The van der Waals surface area contributed by atoms with Crippen LogP contribution >= 0.6 is 11.6 Å². The van der Waals surface area contributed by atoms with Crippen LogP contribution in [-0.4, -0.2) is 40.3 Å². The van der Waals surface area contributed by atoms with E-state index in [1.165, 1.54) is 0 Å². The Labute approximate surface area is 184 Å². The van der Waals surface area contributed by atoms with Crippen molar-refractivity contribution in [2.24, 2.45) is 0 Å². The first-order valence-corrected chi connectivity index (χ1v) is 12.2. The molecule has 0 aromatic heterocycles. The van der Waals surface area contributed by atoms with Crippen molar-refractivity contribution >= 4 is 33.2 Å². The Morgan fingerprint density at radius 1 is 1.17 bits per heavy atom. The number of para-hydroxylation sites is 1. The van der Waals surface area contributed by atoms with E-state index in [9.17, 15) is 13.2 Å². The number of rotatable bonds is 11. The van der Waals surface area contributed by atoms with Crippen LogP contribution in [0.1, 0.15) is 30.9 Å². The third kappa shape index (κ3) is 6.92. The fourth-order valence-electron chi connectivity index (χ4n) is 3.00. The van der Waals surface area contributed by atoms with Crippen molar-refractivity contribution in [2.75, 3.05) is 30.3 Å². The molecule has 0 saturated heterocycles. The van der Waals surface area contributed by atoms with Gasteiger partial charge in [-0.3, -0.25) is 9.10 Å². The molecule has 1 amide bonds. The summed E-state index contributed by atoms with van der Waals surface area (Å²) in [4.78, 5) is 12.4. The lowest BCUT2D eigenvalue weighted by molar-refractivity contribution is -0.119. The van der Waals surface area contributed by atoms with Crippen molar-refractivity contribution in [2.45, 2.75) is 33.1 Å². The van der Waals surface area contributed by atoms with Gasteiger partial charge in [0.25, 0.3) is 0 Å². The Kier molecular flexibility index (Phi) is 8.99. The van der Waals surface area contributed by atoms with Crippen molar-refractivity contribution in [3.8, 4) is 5.75 Å². The van der Waals surface area contributed by atoms with Crippen molar-refractivity contribution in [1.82, 2.24) is 5.32 Å². The minimum absolute atomic E-state index is 0.295. The number of carbonyl (C=O) groups excluding carboxylic acids is 1. The quantitative estimate of drug-likeness (QED) is 0.524. The number of hydrogen-bond donors (Lipinski definition) is 1. The van der Waals surface area contributed by atoms with E-state index in [1.807, 2.05) is 24.3 Å². The Bertz CT molecular complexity index is 963. The Morgan fingerprint density at radius 3 is 2.60 bits per heavy atom. The summed E-state index contributed by atoms with van der Waals surface area (Å²) >= 11 is 6.12. The molecule has 2 rings (SSSR count). The average molecular weight is 453 g/mol. The van der Waals surface area contributed by atoms with Gasteiger partial charge in [-0.15, -0.1) is 0 Å². The number of aryl methyl sites for hydroxylation is 1. The third-order valence-corrected chi connectivity index (χ3v) is 6.11. The van der Waals surface area contributed by atoms with Crippen molar-refractivity contribution in [1.29, 1.82) is 0 Å². The molecule has 0 unspecified atom stereocenters. The molecule has 0 heterocycles. The molecule has 0 aliphatic heterocycles. The van der Waals surface area contributed by atoms with Crippen LogP contribution in [0.3, 0.4) is 0 Å². The number of benzene rings is 2. The van der Waals surface area contributed by atoms with E-state index in [2.05, 4.69) is 12.2 Å². The summed E-state index contributed by atoms with van der Waals surface area (Å²) in [6.07, 6.45) is 3.48. The van der Waals surface area contributed by atoms with Gasteiger partial charge in [-0.25, -0.2) is 8.42 Å². The number of sulfonamides is 1. The SMILES string of the molecule is CCCOc1ccccc1CCCNC(=O)CN(c1cccc(Cl)c1C)S(C)(=O)=O. The zero-order valence-corrected chi connectivity index (χ0v) is 19.2. The second-order valence-electron chi connectivity index (χ2n) is 7.06. The first-order chi connectivity index (χ1) is 14.2. The highest BCUT2D eigenvalue weighted by molar-refractivity contribution is 7.92. The predicted molar refractivity (Wildman–Crippen MR) is 122 cm³/mol. The van der Waals surface area contributed by atoms with Crippen LogP contribution in [0.15, 0.2) is 42.5 Å². The molecule has 0 fully saturated rings. The monoisotopic (exact) mass is 452 g/mol. The Morgan fingerprint density at radius 2 is 1.90 bits per heavy atom. The Hall–Kier alpha value is -2.25. The van der Waals surface area contributed by atoms with Crippen molar-refractivity contribution in [3.63, 3.8) is 0 Å². The molecular weight excluding hydrogens is 424 g/mol.